The first-order valence-electron chi connectivity index (χ1n) is 8.62. The number of rotatable bonds is 5. The van der Waals surface area contributed by atoms with Crippen LogP contribution in [0.15, 0.2) is 0 Å². The Labute approximate surface area is 137 Å². The van der Waals surface area contributed by atoms with E-state index in [1.165, 1.54) is 0 Å². The third-order valence-electron chi connectivity index (χ3n) is 5.31. The van der Waals surface area contributed by atoms with Gasteiger partial charge in [-0.15, -0.1) is 0 Å². The number of amides is 1. The molecule has 1 saturated carbocycles. The number of ketones is 1. The molecule has 2 aliphatic rings. The Morgan fingerprint density at radius 2 is 1.57 bits per heavy atom. The molecule has 2 rings (SSSR count). The first-order chi connectivity index (χ1) is 10.9. The molecular weight excluding hydrogens is 298 g/mol. The standard InChI is InChI=1S/C17H27NO5/c1-17(14(19)16(21)22,13-8-10-23-11-9-13)18-15(20)12-6-4-2-3-5-7-12/h12-13H,2-11H2,1H3,(H,18,20)(H,21,22). The molecule has 130 valence electrons. The Morgan fingerprint density at radius 1 is 1.00 bits per heavy atom. The summed E-state index contributed by atoms with van der Waals surface area (Å²) < 4.78 is 5.30. The van der Waals surface area contributed by atoms with Crippen LogP contribution in [0, 0.1) is 11.8 Å². The maximum Gasteiger partial charge on any atom is 0.374 e. The highest BCUT2D eigenvalue weighted by atomic mass is 16.5. The van der Waals surface area contributed by atoms with Crippen LogP contribution in [0.1, 0.15) is 58.3 Å². The minimum atomic E-state index is -1.49. The van der Waals surface area contributed by atoms with Gasteiger partial charge in [-0.05, 0) is 38.5 Å². The Hall–Kier alpha value is -1.43. The Kier molecular flexibility index (Phi) is 6.16. The molecule has 2 N–H and O–H groups in total. The van der Waals surface area contributed by atoms with E-state index in [2.05, 4.69) is 5.32 Å². The maximum atomic E-state index is 12.6. The van der Waals surface area contributed by atoms with Gasteiger partial charge in [0.15, 0.2) is 0 Å². The number of carbonyl (C=O) groups excluding carboxylic acids is 2. The SMILES string of the molecule is CC(NC(=O)C1CCCCCC1)(C(=O)C(=O)O)C1CCOCC1. The average molecular weight is 325 g/mol. The van der Waals surface area contributed by atoms with Crippen molar-refractivity contribution in [2.24, 2.45) is 11.8 Å². The summed E-state index contributed by atoms with van der Waals surface area (Å²) in [5, 5.41) is 12.0. The molecule has 23 heavy (non-hydrogen) atoms. The lowest BCUT2D eigenvalue weighted by atomic mass is 9.76. The predicted octanol–water partition coefficient (Wildman–Crippen LogP) is 1.91. The number of aliphatic carboxylic acids is 1. The Morgan fingerprint density at radius 3 is 2.09 bits per heavy atom. The molecule has 0 aromatic rings. The van der Waals surface area contributed by atoms with E-state index in [9.17, 15) is 19.5 Å². The monoisotopic (exact) mass is 325 g/mol. The van der Waals surface area contributed by atoms with Gasteiger partial charge < -0.3 is 15.2 Å². The topological polar surface area (TPSA) is 92.7 Å². The number of hydrogen-bond donors (Lipinski definition) is 2. The predicted molar refractivity (Wildman–Crippen MR) is 83.9 cm³/mol. The Bertz CT molecular complexity index is 450. The second-order valence-corrected chi connectivity index (χ2v) is 6.90. The van der Waals surface area contributed by atoms with Crippen LogP contribution in [-0.4, -0.2) is 41.5 Å². The molecule has 0 aromatic carbocycles. The number of carboxylic acids is 1. The van der Waals surface area contributed by atoms with E-state index in [1.54, 1.807) is 6.92 Å². The van der Waals surface area contributed by atoms with E-state index < -0.39 is 17.3 Å². The van der Waals surface area contributed by atoms with Gasteiger partial charge in [-0.1, -0.05) is 25.7 Å². The third kappa shape index (κ3) is 4.31. The lowest BCUT2D eigenvalue weighted by Gasteiger charge is -2.38. The maximum absolute atomic E-state index is 12.6. The number of ether oxygens (including phenoxy) is 1. The number of carbonyl (C=O) groups is 3. The van der Waals surface area contributed by atoms with Crippen molar-refractivity contribution in [3.05, 3.63) is 0 Å². The van der Waals surface area contributed by atoms with Crippen molar-refractivity contribution in [1.82, 2.24) is 5.32 Å². The molecule has 1 aliphatic heterocycles. The molecule has 1 saturated heterocycles. The summed E-state index contributed by atoms with van der Waals surface area (Å²) in [4.78, 5) is 36.2. The van der Waals surface area contributed by atoms with Crippen molar-refractivity contribution in [3.63, 3.8) is 0 Å². The van der Waals surface area contributed by atoms with E-state index in [0.29, 0.717) is 26.1 Å². The van der Waals surface area contributed by atoms with Crippen LogP contribution in [0.5, 0.6) is 0 Å². The third-order valence-corrected chi connectivity index (χ3v) is 5.31. The summed E-state index contributed by atoms with van der Waals surface area (Å²) in [7, 11) is 0. The first-order valence-corrected chi connectivity index (χ1v) is 8.62. The van der Waals surface area contributed by atoms with E-state index >= 15 is 0 Å². The fourth-order valence-corrected chi connectivity index (χ4v) is 3.74. The molecule has 0 radical (unpaired) electrons. The van der Waals surface area contributed by atoms with Crippen molar-refractivity contribution in [2.75, 3.05) is 13.2 Å². The van der Waals surface area contributed by atoms with Crippen molar-refractivity contribution >= 4 is 17.7 Å². The summed E-state index contributed by atoms with van der Waals surface area (Å²) in [5.74, 6) is -2.89. The zero-order valence-corrected chi connectivity index (χ0v) is 13.8. The van der Waals surface area contributed by atoms with Gasteiger partial charge in [-0.2, -0.15) is 0 Å². The number of hydrogen-bond acceptors (Lipinski definition) is 4. The van der Waals surface area contributed by atoms with Crippen LogP contribution in [0.4, 0.5) is 0 Å². The molecule has 0 spiro atoms. The Balaban J connectivity index is 2.14. The van der Waals surface area contributed by atoms with Crippen LogP contribution >= 0.6 is 0 Å². The van der Waals surface area contributed by atoms with Crippen LogP contribution in [0.2, 0.25) is 0 Å². The fourth-order valence-electron chi connectivity index (χ4n) is 3.74. The van der Waals surface area contributed by atoms with Gasteiger partial charge in [0.1, 0.15) is 5.54 Å². The van der Waals surface area contributed by atoms with Gasteiger partial charge in [-0.3, -0.25) is 9.59 Å². The summed E-state index contributed by atoms with van der Waals surface area (Å²) in [6.45, 7) is 2.55. The van der Waals surface area contributed by atoms with Crippen molar-refractivity contribution in [1.29, 1.82) is 0 Å². The minimum absolute atomic E-state index is 0.113. The second kappa shape index (κ2) is 7.90. The van der Waals surface area contributed by atoms with Crippen LogP contribution in [0.3, 0.4) is 0 Å². The van der Waals surface area contributed by atoms with Crippen molar-refractivity contribution < 1.29 is 24.2 Å². The highest BCUT2D eigenvalue weighted by molar-refractivity contribution is 6.36. The molecule has 6 heteroatoms. The highest BCUT2D eigenvalue weighted by Crippen LogP contribution is 2.30. The molecule has 1 heterocycles. The van der Waals surface area contributed by atoms with E-state index in [4.69, 9.17) is 4.74 Å². The molecule has 1 atom stereocenters. The molecular formula is C17H27NO5. The number of Topliss-reactive ketones (excluding diaryl/α,β-unsaturated/α-hetero) is 1. The minimum Gasteiger partial charge on any atom is -0.475 e. The zero-order chi connectivity index (χ0) is 16.9. The van der Waals surface area contributed by atoms with Gasteiger partial charge >= 0.3 is 5.97 Å². The molecule has 0 bridgehead atoms. The largest absolute Gasteiger partial charge is 0.475 e. The fraction of sp³-hybridized carbons (Fsp3) is 0.824. The smallest absolute Gasteiger partial charge is 0.374 e. The normalized spacial score (nSPS) is 23.5. The van der Waals surface area contributed by atoms with Crippen molar-refractivity contribution in [2.45, 2.75) is 63.8 Å². The molecule has 1 unspecified atom stereocenters. The first kappa shape index (κ1) is 17.9. The van der Waals surface area contributed by atoms with E-state index in [-0.39, 0.29) is 17.7 Å². The lowest BCUT2D eigenvalue weighted by Crippen LogP contribution is -2.61. The van der Waals surface area contributed by atoms with Gasteiger partial charge in [0.2, 0.25) is 5.91 Å². The van der Waals surface area contributed by atoms with Gasteiger partial charge in [0.05, 0.1) is 0 Å². The molecule has 1 aliphatic carbocycles. The van der Waals surface area contributed by atoms with Crippen LogP contribution < -0.4 is 5.32 Å². The molecule has 0 aromatic heterocycles. The summed E-state index contributed by atoms with van der Waals surface area (Å²) >= 11 is 0. The lowest BCUT2D eigenvalue weighted by molar-refractivity contribution is -0.155. The van der Waals surface area contributed by atoms with E-state index in [1.807, 2.05) is 0 Å². The number of carboxylic acid groups (broad SMARTS) is 1. The zero-order valence-electron chi connectivity index (χ0n) is 13.8. The quantitative estimate of drug-likeness (QED) is 0.595. The van der Waals surface area contributed by atoms with Gasteiger partial charge in [-0.25, -0.2) is 4.79 Å². The summed E-state index contributed by atoms with van der Waals surface area (Å²) in [6.07, 6.45) is 7.09. The van der Waals surface area contributed by atoms with Crippen molar-refractivity contribution in [3.8, 4) is 0 Å². The molecule has 2 fully saturated rings. The second-order valence-electron chi connectivity index (χ2n) is 6.90. The van der Waals surface area contributed by atoms with Crippen LogP contribution in [0.25, 0.3) is 0 Å². The van der Waals surface area contributed by atoms with E-state index in [0.717, 1.165) is 38.5 Å². The van der Waals surface area contributed by atoms with Gasteiger partial charge in [0.25, 0.3) is 5.78 Å². The summed E-state index contributed by atoms with van der Waals surface area (Å²) in [6, 6.07) is 0. The van der Waals surface area contributed by atoms with Crippen LogP contribution in [-0.2, 0) is 19.1 Å². The number of nitrogens with one attached hydrogen (secondary N) is 1. The highest BCUT2D eigenvalue weighted by Gasteiger charge is 2.46. The average Bonchev–Trinajstić information content (AvgIpc) is 2.84. The summed E-state index contributed by atoms with van der Waals surface area (Å²) in [5.41, 5.74) is -1.35. The molecule has 1 amide bonds. The van der Waals surface area contributed by atoms with Gasteiger partial charge in [0, 0.05) is 19.1 Å². The molecule has 6 nitrogen and oxygen atoms in total.